The standard InChI is InChI=1S/C13H24N2O5/c1-13(19,12(18)20-2)9-15-5-3-4-10(8-15)6-14-7-11(16)17/h10,14,19H,3-9H2,1-2H3,(H,16,17). The van der Waals surface area contributed by atoms with Crippen molar-refractivity contribution < 1.29 is 24.5 Å². The van der Waals surface area contributed by atoms with Gasteiger partial charge >= 0.3 is 11.9 Å². The summed E-state index contributed by atoms with van der Waals surface area (Å²) in [5.41, 5.74) is -1.51. The number of carbonyl (C=O) groups excluding carboxylic acids is 1. The van der Waals surface area contributed by atoms with Crippen LogP contribution < -0.4 is 5.32 Å². The second kappa shape index (κ2) is 7.56. The highest BCUT2D eigenvalue weighted by atomic mass is 16.5. The lowest BCUT2D eigenvalue weighted by Crippen LogP contribution is -2.51. The lowest BCUT2D eigenvalue weighted by atomic mass is 9.96. The van der Waals surface area contributed by atoms with Crippen LogP contribution in [0.3, 0.4) is 0 Å². The van der Waals surface area contributed by atoms with Crippen LogP contribution in [0, 0.1) is 5.92 Å². The van der Waals surface area contributed by atoms with Gasteiger partial charge in [-0.3, -0.25) is 9.69 Å². The summed E-state index contributed by atoms with van der Waals surface area (Å²) in [6.07, 6.45) is 1.99. The van der Waals surface area contributed by atoms with Crippen molar-refractivity contribution in [3.8, 4) is 0 Å². The van der Waals surface area contributed by atoms with Gasteiger partial charge in [-0.2, -0.15) is 0 Å². The Hall–Kier alpha value is -1.18. The molecule has 3 N–H and O–H groups in total. The number of aliphatic carboxylic acids is 1. The van der Waals surface area contributed by atoms with E-state index < -0.39 is 17.5 Å². The van der Waals surface area contributed by atoms with E-state index in [0.717, 1.165) is 25.9 Å². The van der Waals surface area contributed by atoms with Crippen LogP contribution in [0.1, 0.15) is 19.8 Å². The third-order valence-electron chi connectivity index (χ3n) is 3.47. The minimum atomic E-state index is -1.51. The van der Waals surface area contributed by atoms with Gasteiger partial charge in [-0.05, 0) is 38.8 Å². The Morgan fingerprint density at radius 3 is 2.80 bits per heavy atom. The zero-order valence-corrected chi connectivity index (χ0v) is 12.1. The molecular weight excluding hydrogens is 264 g/mol. The number of piperidine rings is 1. The highest BCUT2D eigenvalue weighted by Crippen LogP contribution is 2.18. The summed E-state index contributed by atoms with van der Waals surface area (Å²) in [7, 11) is 1.26. The van der Waals surface area contributed by atoms with Crippen molar-refractivity contribution in [3.05, 3.63) is 0 Å². The first-order valence-corrected chi connectivity index (χ1v) is 6.81. The first kappa shape index (κ1) is 16.9. The Bertz CT molecular complexity index is 346. The number of nitrogens with one attached hydrogen (secondary N) is 1. The third-order valence-corrected chi connectivity index (χ3v) is 3.47. The van der Waals surface area contributed by atoms with Crippen LogP contribution in [0.15, 0.2) is 0 Å². The first-order chi connectivity index (χ1) is 9.35. The summed E-state index contributed by atoms with van der Waals surface area (Å²) in [6.45, 7) is 3.82. The highest BCUT2D eigenvalue weighted by molar-refractivity contribution is 5.78. The number of carboxylic acids is 1. The van der Waals surface area contributed by atoms with Crippen LogP contribution >= 0.6 is 0 Å². The van der Waals surface area contributed by atoms with Crippen LogP contribution in [0.4, 0.5) is 0 Å². The Kier molecular flexibility index (Phi) is 6.38. The predicted molar refractivity (Wildman–Crippen MR) is 72.3 cm³/mol. The first-order valence-electron chi connectivity index (χ1n) is 6.81. The lowest BCUT2D eigenvalue weighted by Gasteiger charge is -2.36. The van der Waals surface area contributed by atoms with Gasteiger partial charge in [-0.1, -0.05) is 0 Å². The van der Waals surface area contributed by atoms with Crippen LogP contribution in [0.5, 0.6) is 0 Å². The molecule has 0 aromatic heterocycles. The fourth-order valence-electron chi connectivity index (χ4n) is 2.56. The van der Waals surface area contributed by atoms with Crippen molar-refractivity contribution in [2.24, 2.45) is 5.92 Å². The van der Waals surface area contributed by atoms with Gasteiger partial charge in [0.05, 0.1) is 13.7 Å². The smallest absolute Gasteiger partial charge is 0.338 e. The van der Waals surface area contributed by atoms with E-state index in [2.05, 4.69) is 10.1 Å². The fourth-order valence-corrected chi connectivity index (χ4v) is 2.56. The normalized spacial score (nSPS) is 23.1. The molecule has 0 spiro atoms. The van der Waals surface area contributed by atoms with Gasteiger partial charge in [0.2, 0.25) is 0 Å². The van der Waals surface area contributed by atoms with E-state index in [-0.39, 0.29) is 13.1 Å². The van der Waals surface area contributed by atoms with Gasteiger partial charge in [0, 0.05) is 13.1 Å². The van der Waals surface area contributed by atoms with E-state index in [1.165, 1.54) is 14.0 Å². The van der Waals surface area contributed by atoms with Crippen molar-refractivity contribution in [2.75, 3.05) is 39.8 Å². The molecule has 7 heteroatoms. The third kappa shape index (κ3) is 5.44. The number of methoxy groups -OCH3 is 1. The summed E-state index contributed by atoms with van der Waals surface area (Å²) in [5, 5.41) is 21.5. The zero-order valence-electron chi connectivity index (χ0n) is 12.1. The second-order valence-corrected chi connectivity index (χ2v) is 5.53. The minimum Gasteiger partial charge on any atom is -0.480 e. The van der Waals surface area contributed by atoms with Gasteiger partial charge in [0.25, 0.3) is 0 Å². The van der Waals surface area contributed by atoms with Crippen LogP contribution in [0.2, 0.25) is 0 Å². The second-order valence-electron chi connectivity index (χ2n) is 5.53. The molecule has 116 valence electrons. The molecule has 0 aromatic carbocycles. The molecule has 1 saturated heterocycles. The van der Waals surface area contributed by atoms with Gasteiger partial charge in [-0.25, -0.2) is 4.79 Å². The predicted octanol–water partition coefficient (Wildman–Crippen LogP) is -0.703. The minimum absolute atomic E-state index is 0.0453. The van der Waals surface area contributed by atoms with E-state index in [4.69, 9.17) is 5.11 Å². The number of esters is 1. The van der Waals surface area contributed by atoms with Gasteiger partial charge < -0.3 is 20.3 Å². The van der Waals surface area contributed by atoms with Crippen LogP contribution in [-0.2, 0) is 14.3 Å². The number of nitrogens with zero attached hydrogens (tertiary/aromatic N) is 1. The monoisotopic (exact) mass is 288 g/mol. The van der Waals surface area contributed by atoms with Crippen molar-refractivity contribution in [1.82, 2.24) is 10.2 Å². The maximum absolute atomic E-state index is 11.5. The van der Waals surface area contributed by atoms with Gasteiger partial charge in [0.1, 0.15) is 0 Å². The van der Waals surface area contributed by atoms with E-state index in [1.54, 1.807) is 0 Å². The molecular formula is C13H24N2O5. The quantitative estimate of drug-likeness (QED) is 0.533. The number of carbonyl (C=O) groups is 2. The molecule has 0 aromatic rings. The molecule has 1 rings (SSSR count). The van der Waals surface area contributed by atoms with Gasteiger partial charge in [-0.15, -0.1) is 0 Å². The molecule has 20 heavy (non-hydrogen) atoms. The number of β-amino-alcohol motifs (C(OH)–C–C–N with tert-alkyl or cyclic N) is 1. The summed E-state index contributed by atoms with van der Waals surface area (Å²) < 4.78 is 4.58. The molecule has 1 heterocycles. The Labute approximate surface area is 118 Å². The molecule has 0 aliphatic carbocycles. The number of rotatable bonds is 7. The molecule has 0 radical (unpaired) electrons. The Morgan fingerprint density at radius 1 is 1.50 bits per heavy atom. The number of likely N-dealkylation sites (tertiary alicyclic amines) is 1. The maximum Gasteiger partial charge on any atom is 0.338 e. The molecule has 7 nitrogen and oxygen atoms in total. The fraction of sp³-hybridized carbons (Fsp3) is 0.846. The number of hydrogen-bond acceptors (Lipinski definition) is 6. The zero-order chi connectivity index (χ0) is 15.2. The largest absolute Gasteiger partial charge is 0.480 e. The Morgan fingerprint density at radius 2 is 2.20 bits per heavy atom. The molecule has 2 unspecified atom stereocenters. The molecule has 1 fully saturated rings. The molecule has 0 saturated carbocycles. The number of aliphatic hydroxyl groups is 1. The van der Waals surface area contributed by atoms with Crippen molar-refractivity contribution in [2.45, 2.75) is 25.4 Å². The van der Waals surface area contributed by atoms with Crippen molar-refractivity contribution in [1.29, 1.82) is 0 Å². The Balaban J connectivity index is 2.40. The average Bonchev–Trinajstić information content (AvgIpc) is 2.37. The van der Waals surface area contributed by atoms with E-state index in [9.17, 15) is 14.7 Å². The topological polar surface area (TPSA) is 99.1 Å². The molecule has 0 amide bonds. The summed E-state index contributed by atoms with van der Waals surface area (Å²) in [6, 6.07) is 0. The van der Waals surface area contributed by atoms with Gasteiger partial charge in [0.15, 0.2) is 5.60 Å². The molecule has 1 aliphatic heterocycles. The van der Waals surface area contributed by atoms with E-state index >= 15 is 0 Å². The highest BCUT2D eigenvalue weighted by Gasteiger charge is 2.35. The van der Waals surface area contributed by atoms with E-state index in [0.29, 0.717) is 12.5 Å². The SMILES string of the molecule is COC(=O)C(C)(O)CN1CCCC(CNCC(=O)O)C1. The van der Waals surface area contributed by atoms with Crippen molar-refractivity contribution >= 4 is 11.9 Å². The molecule has 2 atom stereocenters. The average molecular weight is 288 g/mol. The van der Waals surface area contributed by atoms with Crippen LogP contribution in [0.25, 0.3) is 0 Å². The number of ether oxygens (including phenoxy) is 1. The lowest BCUT2D eigenvalue weighted by molar-refractivity contribution is -0.162. The maximum atomic E-state index is 11.5. The van der Waals surface area contributed by atoms with Crippen LogP contribution in [-0.4, -0.2) is 72.5 Å². The van der Waals surface area contributed by atoms with Crippen molar-refractivity contribution in [3.63, 3.8) is 0 Å². The number of carboxylic acid groups (broad SMARTS) is 1. The number of hydrogen-bond donors (Lipinski definition) is 3. The summed E-state index contributed by atoms with van der Waals surface area (Å²) >= 11 is 0. The van der Waals surface area contributed by atoms with E-state index in [1.807, 2.05) is 4.90 Å². The summed E-state index contributed by atoms with van der Waals surface area (Å²) in [4.78, 5) is 23.9. The molecule has 1 aliphatic rings. The molecule has 0 bridgehead atoms. The summed E-state index contributed by atoms with van der Waals surface area (Å²) in [5.74, 6) is -1.17.